The van der Waals surface area contributed by atoms with Crippen LogP contribution in [0, 0.1) is 39.3 Å². The van der Waals surface area contributed by atoms with Crippen LogP contribution in [-0.2, 0) is 6.18 Å². The summed E-state index contributed by atoms with van der Waals surface area (Å²) >= 11 is 0. The molecule has 0 radical (unpaired) electrons. The maximum atomic E-state index is 16.9. The molecule has 350 valence electrons. The Morgan fingerprint density at radius 2 is 0.583 bits per heavy atom. The first-order valence-corrected chi connectivity index (χ1v) is 23.9. The average Bonchev–Trinajstić information content (AvgIpc) is 3.87. The summed E-state index contributed by atoms with van der Waals surface area (Å²) in [5, 5.41) is 3.01. The van der Waals surface area contributed by atoms with E-state index in [-0.39, 0.29) is 22.5 Å². The van der Waals surface area contributed by atoms with Gasteiger partial charge < -0.3 is 9.13 Å². The molecule has 0 unspecified atom stereocenters. The molecule has 0 N–H and O–H groups in total. The molecule has 72 heavy (non-hydrogen) atoms. The molecule has 10 aromatic carbocycles. The van der Waals surface area contributed by atoms with Crippen molar-refractivity contribution in [1.82, 2.24) is 9.13 Å². The van der Waals surface area contributed by atoms with Crippen LogP contribution in [0.3, 0.4) is 0 Å². The van der Waals surface area contributed by atoms with E-state index in [2.05, 4.69) is 24.3 Å². The first-order chi connectivity index (χ1) is 34.8. The number of nitrogens with zero attached hydrogens (tertiary/aromatic N) is 2. The lowest BCUT2D eigenvalue weighted by atomic mass is 9.97. The van der Waals surface area contributed by atoms with Crippen LogP contribution in [0.25, 0.3) is 111 Å². The second kappa shape index (κ2) is 17.1. The molecule has 0 aliphatic carbocycles. The lowest BCUT2D eigenvalue weighted by molar-refractivity contribution is -0.137. The van der Waals surface area contributed by atoms with Crippen molar-refractivity contribution in [1.29, 1.82) is 0 Å². The Balaban J connectivity index is 1.22. The number of hydrogen-bond donors (Lipinski definition) is 0. The SMILES string of the molecule is Cc1ccccc1-c1ccc2c(c1)c1cc(-c3ccccc3C)ccc1n2-c1cc(-c2cc(F)cc(F)c2)cc(-n2c3ccc(-c4ccccc4C)cc3c3cc(-c4ccccc4C)ccc32)c1C(F)(F)F. The molecule has 2 nitrogen and oxygen atoms in total. The van der Waals surface area contributed by atoms with Gasteiger partial charge in [-0.25, -0.2) is 8.78 Å². The zero-order valence-corrected chi connectivity index (χ0v) is 39.8. The molecule has 7 heteroatoms. The van der Waals surface area contributed by atoms with E-state index < -0.39 is 23.4 Å². The molecule has 0 atom stereocenters. The largest absolute Gasteiger partial charge is 0.420 e. The third-order valence-corrected chi connectivity index (χ3v) is 14.4. The van der Waals surface area contributed by atoms with E-state index in [0.29, 0.717) is 22.1 Å². The van der Waals surface area contributed by atoms with Gasteiger partial charge in [-0.3, -0.25) is 0 Å². The Hall–Kier alpha value is -8.55. The maximum Gasteiger partial charge on any atom is 0.420 e. The van der Waals surface area contributed by atoms with Crippen LogP contribution in [0.2, 0.25) is 0 Å². The Kier molecular flexibility index (Phi) is 10.6. The molecule has 12 rings (SSSR count). The van der Waals surface area contributed by atoms with Gasteiger partial charge in [0.1, 0.15) is 17.2 Å². The minimum absolute atomic E-state index is 0.0950. The number of halogens is 5. The normalized spacial score (nSPS) is 12.0. The molecular weight excluding hydrogens is 904 g/mol. The summed E-state index contributed by atoms with van der Waals surface area (Å²) in [5.41, 5.74) is 13.1. The third-order valence-electron chi connectivity index (χ3n) is 14.4. The maximum absolute atomic E-state index is 16.9. The first kappa shape index (κ1) is 44.6. The Morgan fingerprint density at radius 1 is 0.306 bits per heavy atom. The highest BCUT2D eigenvalue weighted by Crippen LogP contribution is 2.48. The molecular formula is C65H45F5N2. The molecule has 0 saturated heterocycles. The monoisotopic (exact) mass is 948 g/mol. The molecule has 2 aromatic heterocycles. The van der Waals surface area contributed by atoms with E-state index in [1.54, 1.807) is 9.13 Å². The van der Waals surface area contributed by atoms with Crippen molar-refractivity contribution in [3.8, 4) is 67.0 Å². The number of aryl methyl sites for hydroxylation is 4. The van der Waals surface area contributed by atoms with Crippen LogP contribution in [0.15, 0.2) is 200 Å². The molecule has 0 saturated carbocycles. The van der Waals surface area contributed by atoms with Crippen LogP contribution in [0.1, 0.15) is 27.8 Å². The van der Waals surface area contributed by atoms with Crippen molar-refractivity contribution in [3.05, 3.63) is 240 Å². The summed E-state index contributed by atoms with van der Waals surface area (Å²) in [6, 6.07) is 61.8. The minimum atomic E-state index is -4.95. The highest BCUT2D eigenvalue weighted by Gasteiger charge is 2.40. The predicted octanol–water partition coefficient (Wildman–Crippen LogP) is 18.7. The summed E-state index contributed by atoms with van der Waals surface area (Å²) in [6.45, 7) is 8.16. The van der Waals surface area contributed by atoms with Crippen LogP contribution in [0.4, 0.5) is 22.0 Å². The molecule has 2 heterocycles. The smallest absolute Gasteiger partial charge is 0.309 e. The van der Waals surface area contributed by atoms with Gasteiger partial charge >= 0.3 is 6.18 Å². The van der Waals surface area contributed by atoms with Crippen LogP contribution >= 0.6 is 0 Å². The molecule has 0 bridgehead atoms. The average molecular weight is 949 g/mol. The third kappa shape index (κ3) is 7.46. The van der Waals surface area contributed by atoms with E-state index in [1.807, 2.05) is 173 Å². The number of rotatable bonds is 7. The number of aromatic nitrogens is 2. The lowest BCUT2D eigenvalue weighted by Gasteiger charge is -2.23. The van der Waals surface area contributed by atoms with Crippen molar-refractivity contribution in [2.24, 2.45) is 0 Å². The minimum Gasteiger partial charge on any atom is -0.309 e. The van der Waals surface area contributed by atoms with Gasteiger partial charge in [0.25, 0.3) is 0 Å². The summed E-state index contributed by atoms with van der Waals surface area (Å²) in [7, 11) is 0. The predicted molar refractivity (Wildman–Crippen MR) is 286 cm³/mol. The summed E-state index contributed by atoms with van der Waals surface area (Å²) in [5.74, 6) is -1.69. The van der Waals surface area contributed by atoms with Crippen LogP contribution in [-0.4, -0.2) is 9.13 Å². The molecule has 0 fully saturated rings. The van der Waals surface area contributed by atoms with Gasteiger partial charge in [-0.15, -0.1) is 0 Å². The number of fused-ring (bicyclic) bond motifs is 6. The first-order valence-electron chi connectivity index (χ1n) is 23.9. The fourth-order valence-electron chi connectivity index (χ4n) is 11.0. The van der Waals surface area contributed by atoms with Crippen molar-refractivity contribution in [3.63, 3.8) is 0 Å². The van der Waals surface area contributed by atoms with Crippen molar-refractivity contribution in [2.45, 2.75) is 33.9 Å². The fourth-order valence-corrected chi connectivity index (χ4v) is 11.0. The van der Waals surface area contributed by atoms with Crippen LogP contribution in [0.5, 0.6) is 0 Å². The number of alkyl halides is 3. The molecule has 0 aliphatic rings. The molecule has 0 amide bonds. The van der Waals surface area contributed by atoms with Gasteiger partial charge in [0.05, 0.1) is 33.4 Å². The lowest BCUT2D eigenvalue weighted by Crippen LogP contribution is -2.16. The number of hydrogen-bond acceptors (Lipinski definition) is 0. The van der Waals surface area contributed by atoms with Gasteiger partial charge in [-0.2, -0.15) is 13.2 Å². The van der Waals surface area contributed by atoms with E-state index >= 15 is 22.0 Å². The summed E-state index contributed by atoms with van der Waals surface area (Å²) < 4.78 is 84.9. The van der Waals surface area contributed by atoms with Crippen LogP contribution < -0.4 is 0 Å². The Morgan fingerprint density at radius 3 is 0.861 bits per heavy atom. The van der Waals surface area contributed by atoms with Crippen molar-refractivity contribution >= 4 is 43.6 Å². The Bertz CT molecular complexity index is 3710. The van der Waals surface area contributed by atoms with Gasteiger partial charge in [0.2, 0.25) is 0 Å². The zero-order valence-electron chi connectivity index (χ0n) is 39.8. The molecule has 12 aromatic rings. The van der Waals surface area contributed by atoms with E-state index in [4.69, 9.17) is 0 Å². The second-order valence-electron chi connectivity index (χ2n) is 18.9. The summed E-state index contributed by atoms with van der Waals surface area (Å²) in [4.78, 5) is 0. The second-order valence-corrected chi connectivity index (χ2v) is 18.9. The van der Waals surface area contributed by atoms with Gasteiger partial charge in [0.15, 0.2) is 0 Å². The fraction of sp³-hybridized carbons (Fsp3) is 0.0769. The van der Waals surface area contributed by atoms with Crippen molar-refractivity contribution in [2.75, 3.05) is 0 Å². The quantitative estimate of drug-likeness (QED) is 0.141. The van der Waals surface area contributed by atoms with E-state index in [9.17, 15) is 0 Å². The zero-order chi connectivity index (χ0) is 49.6. The highest BCUT2D eigenvalue weighted by molar-refractivity contribution is 6.14. The molecule has 0 aliphatic heterocycles. The van der Waals surface area contributed by atoms with E-state index in [0.717, 1.165) is 94.4 Å². The van der Waals surface area contributed by atoms with Gasteiger partial charge in [-0.1, -0.05) is 121 Å². The van der Waals surface area contributed by atoms with Gasteiger partial charge in [0, 0.05) is 27.6 Å². The number of benzene rings is 10. The Labute approximate surface area is 413 Å². The summed E-state index contributed by atoms with van der Waals surface area (Å²) in [6.07, 6.45) is -4.95. The highest BCUT2D eigenvalue weighted by atomic mass is 19.4. The standard InChI is InChI=1S/C65H45F5N2/c1-38-13-5-9-17-50(38)42-21-25-58-54(31-42)55-32-43(51-18-10-6-14-39(51)2)22-26-59(55)71(58)62-35-47(46-29-48(66)37-49(67)30-46)36-63(64(62)65(68,69)70)72-60-27-23-44(52-19-11-7-15-40(52)3)33-56(60)57-34-45(24-28-61(57)72)53-20-12-8-16-41(53)4/h5-37H,1-4H3. The molecule has 0 spiro atoms. The topological polar surface area (TPSA) is 9.86 Å². The van der Waals surface area contributed by atoms with Crippen molar-refractivity contribution < 1.29 is 22.0 Å². The van der Waals surface area contributed by atoms with Gasteiger partial charge in [-0.05, 0) is 178 Å². The van der Waals surface area contributed by atoms with E-state index in [1.165, 1.54) is 24.3 Å².